The van der Waals surface area contributed by atoms with Gasteiger partial charge in [-0.05, 0) is 67.9 Å². The van der Waals surface area contributed by atoms with Crippen molar-refractivity contribution in [2.75, 3.05) is 18.1 Å². The number of hydrogen-bond acceptors (Lipinski definition) is 2. The molecule has 1 nitrogen and oxygen atoms in total. The topological polar surface area (TPSA) is 26.0 Å². The van der Waals surface area contributed by atoms with E-state index in [0.717, 1.165) is 12.5 Å². The summed E-state index contributed by atoms with van der Waals surface area (Å²) in [5.74, 6) is 3.59. The maximum Gasteiger partial charge on any atom is -0.00205 e. The molecule has 1 aliphatic rings. The van der Waals surface area contributed by atoms with E-state index in [2.05, 4.69) is 25.6 Å². The minimum Gasteiger partial charge on any atom is -0.330 e. The summed E-state index contributed by atoms with van der Waals surface area (Å²) in [7, 11) is 0. The quantitative estimate of drug-likeness (QED) is 0.650. The Morgan fingerprint density at radius 2 is 1.94 bits per heavy atom. The maximum absolute atomic E-state index is 6.07. The molecule has 1 rings (SSSR count). The van der Waals surface area contributed by atoms with E-state index in [1.165, 1.54) is 62.9 Å². The van der Waals surface area contributed by atoms with Crippen LogP contribution in [0.2, 0.25) is 0 Å². The van der Waals surface area contributed by atoms with Crippen LogP contribution in [0.25, 0.3) is 0 Å². The molecule has 102 valence electrons. The van der Waals surface area contributed by atoms with Crippen molar-refractivity contribution in [3.63, 3.8) is 0 Å². The van der Waals surface area contributed by atoms with Crippen molar-refractivity contribution in [2.24, 2.45) is 17.1 Å². The molecular formula is C15H31NS. The SMILES string of the molecule is CCCC1CCC(CN)(CCCSCC)CC1. The van der Waals surface area contributed by atoms with Crippen LogP contribution in [0.15, 0.2) is 0 Å². The number of rotatable bonds is 8. The molecule has 0 spiro atoms. The van der Waals surface area contributed by atoms with Gasteiger partial charge in [-0.15, -0.1) is 0 Å². The molecule has 0 atom stereocenters. The van der Waals surface area contributed by atoms with E-state index in [1.807, 2.05) is 0 Å². The third-order valence-corrected chi connectivity index (χ3v) is 5.48. The molecule has 0 heterocycles. The molecule has 1 saturated carbocycles. The molecule has 0 radical (unpaired) electrons. The fourth-order valence-corrected chi connectivity index (χ4v) is 3.87. The molecule has 0 saturated heterocycles. The molecule has 0 aromatic carbocycles. The summed E-state index contributed by atoms with van der Waals surface area (Å²) in [5, 5.41) is 0. The number of nitrogens with two attached hydrogens (primary N) is 1. The monoisotopic (exact) mass is 257 g/mol. The second-order valence-corrected chi connectivity index (χ2v) is 7.13. The molecule has 17 heavy (non-hydrogen) atoms. The van der Waals surface area contributed by atoms with E-state index < -0.39 is 0 Å². The zero-order chi connectivity index (χ0) is 12.6. The minimum atomic E-state index is 0.512. The third-order valence-electron chi connectivity index (χ3n) is 4.50. The first-order chi connectivity index (χ1) is 8.26. The van der Waals surface area contributed by atoms with Crippen LogP contribution in [0, 0.1) is 11.3 Å². The van der Waals surface area contributed by atoms with Gasteiger partial charge in [0.1, 0.15) is 0 Å². The molecule has 1 fully saturated rings. The first-order valence-electron chi connectivity index (χ1n) is 7.54. The average molecular weight is 257 g/mol. The Hall–Kier alpha value is 0.310. The molecule has 2 heteroatoms. The summed E-state index contributed by atoms with van der Waals surface area (Å²) < 4.78 is 0. The smallest absolute Gasteiger partial charge is 0.00205 e. The first kappa shape index (κ1) is 15.4. The summed E-state index contributed by atoms with van der Waals surface area (Å²) in [6.45, 7) is 5.48. The van der Waals surface area contributed by atoms with E-state index in [9.17, 15) is 0 Å². The zero-order valence-electron chi connectivity index (χ0n) is 11.8. The highest BCUT2D eigenvalue weighted by atomic mass is 32.2. The Morgan fingerprint density at radius 1 is 1.24 bits per heavy atom. The van der Waals surface area contributed by atoms with Crippen molar-refractivity contribution in [2.45, 2.75) is 65.2 Å². The van der Waals surface area contributed by atoms with Crippen molar-refractivity contribution in [3.8, 4) is 0 Å². The van der Waals surface area contributed by atoms with Crippen LogP contribution in [0.1, 0.15) is 65.2 Å². The molecule has 2 N–H and O–H groups in total. The standard InChI is InChI=1S/C15H31NS/c1-3-6-14-7-10-15(13-16,11-8-14)9-5-12-17-4-2/h14H,3-13,16H2,1-2H3. The Bertz CT molecular complexity index is 180. The molecule has 0 aromatic heterocycles. The lowest BCUT2D eigenvalue weighted by molar-refractivity contribution is 0.139. The molecule has 0 amide bonds. The molecule has 0 bridgehead atoms. The van der Waals surface area contributed by atoms with Gasteiger partial charge in [-0.1, -0.05) is 26.7 Å². The lowest BCUT2D eigenvalue weighted by atomic mass is 9.67. The van der Waals surface area contributed by atoms with Crippen molar-refractivity contribution >= 4 is 11.8 Å². The Balaban J connectivity index is 2.28. The lowest BCUT2D eigenvalue weighted by Crippen LogP contribution is -2.35. The van der Waals surface area contributed by atoms with Gasteiger partial charge in [0.2, 0.25) is 0 Å². The van der Waals surface area contributed by atoms with Crippen LogP contribution in [0.5, 0.6) is 0 Å². The van der Waals surface area contributed by atoms with E-state index in [1.54, 1.807) is 0 Å². The summed E-state index contributed by atoms with van der Waals surface area (Å²) in [5.41, 5.74) is 6.58. The zero-order valence-corrected chi connectivity index (χ0v) is 12.7. The molecule has 0 aliphatic heterocycles. The highest BCUT2D eigenvalue weighted by molar-refractivity contribution is 7.99. The summed E-state index contributed by atoms with van der Waals surface area (Å²) in [4.78, 5) is 0. The van der Waals surface area contributed by atoms with Crippen LogP contribution in [0.3, 0.4) is 0 Å². The highest BCUT2D eigenvalue weighted by Gasteiger charge is 2.33. The Kier molecular flexibility index (Phi) is 7.61. The summed E-state index contributed by atoms with van der Waals surface area (Å²) in [6, 6.07) is 0. The van der Waals surface area contributed by atoms with Gasteiger partial charge in [0.15, 0.2) is 0 Å². The second kappa shape index (κ2) is 8.42. The number of hydrogen-bond donors (Lipinski definition) is 1. The van der Waals surface area contributed by atoms with E-state index in [-0.39, 0.29) is 0 Å². The fourth-order valence-electron chi connectivity index (χ4n) is 3.24. The Morgan fingerprint density at radius 3 is 2.47 bits per heavy atom. The van der Waals surface area contributed by atoms with Crippen LogP contribution in [-0.4, -0.2) is 18.1 Å². The van der Waals surface area contributed by atoms with Crippen LogP contribution < -0.4 is 5.73 Å². The van der Waals surface area contributed by atoms with Gasteiger partial charge in [-0.3, -0.25) is 0 Å². The minimum absolute atomic E-state index is 0.512. The van der Waals surface area contributed by atoms with Crippen molar-refractivity contribution in [1.29, 1.82) is 0 Å². The summed E-state index contributed by atoms with van der Waals surface area (Å²) in [6.07, 6.45) is 11.2. The second-order valence-electron chi connectivity index (χ2n) is 5.74. The predicted octanol–water partition coefficient (Wildman–Crippen LogP) is 4.46. The molecule has 0 unspecified atom stereocenters. The molecular weight excluding hydrogens is 226 g/mol. The van der Waals surface area contributed by atoms with Gasteiger partial charge in [0.25, 0.3) is 0 Å². The van der Waals surface area contributed by atoms with Gasteiger partial charge in [-0.2, -0.15) is 11.8 Å². The van der Waals surface area contributed by atoms with Crippen LogP contribution in [0.4, 0.5) is 0 Å². The van der Waals surface area contributed by atoms with Gasteiger partial charge < -0.3 is 5.73 Å². The van der Waals surface area contributed by atoms with E-state index >= 15 is 0 Å². The first-order valence-corrected chi connectivity index (χ1v) is 8.69. The van der Waals surface area contributed by atoms with E-state index in [0.29, 0.717) is 5.41 Å². The van der Waals surface area contributed by atoms with Crippen molar-refractivity contribution in [1.82, 2.24) is 0 Å². The van der Waals surface area contributed by atoms with E-state index in [4.69, 9.17) is 5.73 Å². The molecule has 0 aromatic rings. The van der Waals surface area contributed by atoms with Gasteiger partial charge in [0.05, 0.1) is 0 Å². The van der Waals surface area contributed by atoms with Crippen molar-refractivity contribution < 1.29 is 0 Å². The number of thioether (sulfide) groups is 1. The predicted molar refractivity (Wildman–Crippen MR) is 80.6 cm³/mol. The third kappa shape index (κ3) is 5.21. The Labute approximate surface area is 112 Å². The largest absolute Gasteiger partial charge is 0.330 e. The highest BCUT2D eigenvalue weighted by Crippen LogP contribution is 2.43. The van der Waals surface area contributed by atoms with Gasteiger partial charge >= 0.3 is 0 Å². The lowest BCUT2D eigenvalue weighted by Gasteiger charge is -2.39. The van der Waals surface area contributed by atoms with Crippen LogP contribution >= 0.6 is 11.8 Å². The maximum atomic E-state index is 6.07. The average Bonchev–Trinajstić information content (AvgIpc) is 2.37. The van der Waals surface area contributed by atoms with Gasteiger partial charge in [0, 0.05) is 0 Å². The molecule has 1 aliphatic carbocycles. The summed E-state index contributed by atoms with van der Waals surface area (Å²) >= 11 is 2.07. The van der Waals surface area contributed by atoms with Crippen molar-refractivity contribution in [3.05, 3.63) is 0 Å². The normalized spacial score (nSPS) is 29.5. The fraction of sp³-hybridized carbons (Fsp3) is 1.00. The van der Waals surface area contributed by atoms with Crippen LogP contribution in [-0.2, 0) is 0 Å². The van der Waals surface area contributed by atoms with Gasteiger partial charge in [-0.25, -0.2) is 0 Å².